The molecule has 1 rings (SSSR count). The molecular formula is C17H30N2O. The van der Waals surface area contributed by atoms with Gasteiger partial charge in [0, 0.05) is 6.04 Å². The van der Waals surface area contributed by atoms with Crippen molar-refractivity contribution in [1.82, 2.24) is 10.2 Å². The molecule has 1 unspecified atom stereocenters. The van der Waals surface area contributed by atoms with Gasteiger partial charge < -0.3 is 15.0 Å². The molecule has 20 heavy (non-hydrogen) atoms. The largest absolute Gasteiger partial charge is 0.494 e. The molecule has 1 aromatic carbocycles. The molecule has 1 N–H and O–H groups in total. The molecule has 0 aromatic heterocycles. The lowest BCUT2D eigenvalue weighted by Gasteiger charge is -2.15. The fourth-order valence-corrected chi connectivity index (χ4v) is 2.06. The van der Waals surface area contributed by atoms with Crippen LogP contribution in [0.15, 0.2) is 24.3 Å². The number of benzene rings is 1. The van der Waals surface area contributed by atoms with E-state index in [9.17, 15) is 0 Å². The third-order valence-corrected chi connectivity index (χ3v) is 3.34. The van der Waals surface area contributed by atoms with Gasteiger partial charge in [0.15, 0.2) is 0 Å². The molecule has 3 nitrogen and oxygen atoms in total. The number of hydrogen-bond acceptors (Lipinski definition) is 3. The fourth-order valence-electron chi connectivity index (χ4n) is 2.06. The van der Waals surface area contributed by atoms with Crippen LogP contribution < -0.4 is 10.1 Å². The molecule has 0 saturated carbocycles. The normalized spacial score (nSPS) is 12.7. The number of ether oxygens (including phenoxy) is 1. The summed E-state index contributed by atoms with van der Waals surface area (Å²) in [5.41, 5.74) is 1.32. The van der Waals surface area contributed by atoms with Gasteiger partial charge in [0.1, 0.15) is 5.75 Å². The standard InChI is InChI=1S/C17H30N2O/c1-5-14-20-17-10-8-16(9-11-17)15(2)18-12-6-7-13-19(3)4/h8-11,15,18H,5-7,12-14H2,1-4H3. The van der Waals surface area contributed by atoms with Crippen LogP contribution in [-0.2, 0) is 0 Å². The van der Waals surface area contributed by atoms with Crippen LogP contribution in [0, 0.1) is 0 Å². The Morgan fingerprint density at radius 2 is 1.85 bits per heavy atom. The van der Waals surface area contributed by atoms with Gasteiger partial charge in [-0.1, -0.05) is 19.1 Å². The van der Waals surface area contributed by atoms with Crippen LogP contribution in [-0.4, -0.2) is 38.7 Å². The zero-order chi connectivity index (χ0) is 14.8. The van der Waals surface area contributed by atoms with Gasteiger partial charge in [-0.05, 0) is 71.1 Å². The van der Waals surface area contributed by atoms with Gasteiger partial charge in [-0.25, -0.2) is 0 Å². The van der Waals surface area contributed by atoms with Crippen LogP contribution in [0.5, 0.6) is 5.75 Å². The molecule has 0 fully saturated rings. The molecule has 3 heteroatoms. The molecule has 0 heterocycles. The van der Waals surface area contributed by atoms with E-state index < -0.39 is 0 Å². The first-order chi connectivity index (χ1) is 9.63. The number of nitrogens with zero attached hydrogens (tertiary/aromatic N) is 1. The van der Waals surface area contributed by atoms with Crippen molar-refractivity contribution in [3.05, 3.63) is 29.8 Å². The average Bonchev–Trinajstić information content (AvgIpc) is 2.44. The Balaban J connectivity index is 2.26. The van der Waals surface area contributed by atoms with Gasteiger partial charge in [0.2, 0.25) is 0 Å². The van der Waals surface area contributed by atoms with E-state index in [-0.39, 0.29) is 0 Å². The Hall–Kier alpha value is -1.06. The molecule has 114 valence electrons. The molecule has 0 radical (unpaired) electrons. The Morgan fingerprint density at radius 3 is 2.45 bits per heavy atom. The van der Waals surface area contributed by atoms with Crippen molar-refractivity contribution in [2.45, 2.75) is 39.2 Å². The smallest absolute Gasteiger partial charge is 0.119 e. The second-order valence-corrected chi connectivity index (χ2v) is 5.60. The summed E-state index contributed by atoms with van der Waals surface area (Å²) in [6.45, 7) is 7.37. The summed E-state index contributed by atoms with van der Waals surface area (Å²) in [6, 6.07) is 8.84. The second-order valence-electron chi connectivity index (χ2n) is 5.60. The Morgan fingerprint density at radius 1 is 1.15 bits per heavy atom. The lowest BCUT2D eigenvalue weighted by molar-refractivity contribution is 0.317. The van der Waals surface area contributed by atoms with Gasteiger partial charge >= 0.3 is 0 Å². The first-order valence-corrected chi connectivity index (χ1v) is 7.74. The molecule has 0 amide bonds. The van der Waals surface area contributed by atoms with Crippen LogP contribution in [0.4, 0.5) is 0 Å². The van der Waals surface area contributed by atoms with Crippen molar-refractivity contribution < 1.29 is 4.74 Å². The summed E-state index contributed by atoms with van der Waals surface area (Å²) in [5.74, 6) is 0.966. The van der Waals surface area contributed by atoms with Gasteiger partial charge in [-0.3, -0.25) is 0 Å². The van der Waals surface area contributed by atoms with E-state index in [1.807, 2.05) is 0 Å². The summed E-state index contributed by atoms with van der Waals surface area (Å²) in [7, 11) is 4.25. The molecule has 1 aromatic rings. The SMILES string of the molecule is CCCOc1ccc(C(C)NCCCCN(C)C)cc1. The molecule has 0 aliphatic rings. The predicted molar refractivity (Wildman–Crippen MR) is 86.4 cm³/mol. The van der Waals surface area contributed by atoms with Gasteiger partial charge in [0.25, 0.3) is 0 Å². The van der Waals surface area contributed by atoms with Crippen LogP contribution in [0.1, 0.15) is 44.7 Å². The number of hydrogen-bond donors (Lipinski definition) is 1. The van der Waals surface area contributed by atoms with Gasteiger partial charge in [-0.2, -0.15) is 0 Å². The Bertz CT molecular complexity index is 349. The maximum atomic E-state index is 5.60. The van der Waals surface area contributed by atoms with E-state index in [2.05, 4.69) is 62.4 Å². The van der Waals surface area contributed by atoms with Crippen molar-refractivity contribution in [3.63, 3.8) is 0 Å². The van der Waals surface area contributed by atoms with Crippen molar-refractivity contribution in [2.75, 3.05) is 33.8 Å². The summed E-state index contributed by atoms with van der Waals surface area (Å²) >= 11 is 0. The minimum absolute atomic E-state index is 0.398. The molecule has 0 aliphatic heterocycles. The highest BCUT2D eigenvalue weighted by atomic mass is 16.5. The quantitative estimate of drug-likeness (QED) is 0.663. The van der Waals surface area contributed by atoms with E-state index in [1.165, 1.54) is 24.9 Å². The Labute approximate surface area is 124 Å². The second kappa shape index (κ2) is 9.78. The highest BCUT2D eigenvalue weighted by Gasteiger charge is 2.04. The van der Waals surface area contributed by atoms with Crippen molar-refractivity contribution >= 4 is 0 Å². The minimum atomic E-state index is 0.398. The first-order valence-electron chi connectivity index (χ1n) is 7.74. The summed E-state index contributed by atoms with van der Waals surface area (Å²) in [4.78, 5) is 2.23. The summed E-state index contributed by atoms with van der Waals surface area (Å²) in [6.07, 6.45) is 3.52. The molecule has 0 saturated heterocycles. The van der Waals surface area contributed by atoms with E-state index in [1.54, 1.807) is 0 Å². The van der Waals surface area contributed by atoms with Crippen molar-refractivity contribution in [1.29, 1.82) is 0 Å². The van der Waals surface area contributed by atoms with E-state index >= 15 is 0 Å². The lowest BCUT2D eigenvalue weighted by Crippen LogP contribution is -2.21. The van der Waals surface area contributed by atoms with Crippen molar-refractivity contribution in [2.24, 2.45) is 0 Å². The monoisotopic (exact) mass is 278 g/mol. The van der Waals surface area contributed by atoms with E-state index in [0.29, 0.717) is 6.04 Å². The third kappa shape index (κ3) is 6.92. The van der Waals surface area contributed by atoms with Crippen LogP contribution in [0.25, 0.3) is 0 Å². The van der Waals surface area contributed by atoms with E-state index in [4.69, 9.17) is 4.74 Å². The summed E-state index contributed by atoms with van der Waals surface area (Å²) < 4.78 is 5.60. The van der Waals surface area contributed by atoms with Gasteiger partial charge in [-0.15, -0.1) is 0 Å². The maximum absolute atomic E-state index is 5.60. The average molecular weight is 278 g/mol. The molecule has 0 spiro atoms. The van der Waals surface area contributed by atoms with Crippen LogP contribution in [0.3, 0.4) is 0 Å². The highest BCUT2D eigenvalue weighted by Crippen LogP contribution is 2.17. The fraction of sp³-hybridized carbons (Fsp3) is 0.647. The maximum Gasteiger partial charge on any atom is 0.119 e. The van der Waals surface area contributed by atoms with Gasteiger partial charge in [0.05, 0.1) is 6.61 Å². The van der Waals surface area contributed by atoms with Crippen LogP contribution >= 0.6 is 0 Å². The molecule has 0 bridgehead atoms. The van der Waals surface area contributed by atoms with E-state index in [0.717, 1.165) is 25.3 Å². The Kier molecular flexibility index (Phi) is 8.31. The number of rotatable bonds is 10. The van der Waals surface area contributed by atoms with Crippen LogP contribution in [0.2, 0.25) is 0 Å². The van der Waals surface area contributed by atoms with Crippen molar-refractivity contribution in [3.8, 4) is 5.75 Å². The molecule has 1 atom stereocenters. The summed E-state index contributed by atoms with van der Waals surface area (Å²) in [5, 5.41) is 3.58. The number of nitrogens with one attached hydrogen (secondary N) is 1. The predicted octanol–water partition coefficient (Wildman–Crippen LogP) is 3.47. The number of unbranched alkanes of at least 4 members (excludes halogenated alkanes) is 1. The third-order valence-electron chi connectivity index (χ3n) is 3.34. The molecule has 0 aliphatic carbocycles. The topological polar surface area (TPSA) is 24.5 Å². The zero-order valence-electron chi connectivity index (χ0n) is 13.5. The first kappa shape index (κ1) is 17.0. The highest BCUT2D eigenvalue weighted by molar-refractivity contribution is 5.28. The zero-order valence-corrected chi connectivity index (χ0v) is 13.5. The lowest BCUT2D eigenvalue weighted by atomic mass is 10.1. The molecular weight excluding hydrogens is 248 g/mol. The minimum Gasteiger partial charge on any atom is -0.494 e.